The third-order valence-corrected chi connectivity index (χ3v) is 3.92. The van der Waals surface area contributed by atoms with Gasteiger partial charge in [0, 0.05) is 12.1 Å². The minimum atomic E-state index is -4.15. The summed E-state index contributed by atoms with van der Waals surface area (Å²) in [6.45, 7) is 2.34. The monoisotopic (exact) mass is 288 g/mol. The maximum Gasteiger partial charge on any atom is 0.324 e. The number of sulfonamides is 1. The van der Waals surface area contributed by atoms with E-state index in [0.29, 0.717) is 0 Å². The van der Waals surface area contributed by atoms with Crippen molar-refractivity contribution >= 4 is 21.7 Å². The zero-order chi connectivity index (χ0) is 14.8. The highest BCUT2D eigenvalue weighted by Gasteiger charge is 2.33. The lowest BCUT2D eigenvalue weighted by molar-refractivity contribution is -0.385. The molecule has 0 heterocycles. The van der Waals surface area contributed by atoms with Crippen LogP contribution in [0.4, 0.5) is 5.69 Å². The molecule has 0 aromatic heterocycles. The average molecular weight is 288 g/mol. The Morgan fingerprint density at radius 1 is 1.42 bits per heavy atom. The van der Waals surface area contributed by atoms with E-state index >= 15 is 0 Å². The highest BCUT2D eigenvalue weighted by Crippen LogP contribution is 2.19. The van der Waals surface area contributed by atoms with Crippen molar-refractivity contribution in [2.24, 2.45) is 0 Å². The molecule has 0 saturated carbocycles. The van der Waals surface area contributed by atoms with Crippen LogP contribution in [0.15, 0.2) is 29.2 Å². The lowest BCUT2D eigenvalue weighted by atomic mass is 10.1. The normalized spacial score (nSPS) is 12.1. The first-order valence-corrected chi connectivity index (χ1v) is 6.56. The number of nitro groups is 1. The molecule has 0 aliphatic rings. The van der Waals surface area contributed by atoms with E-state index in [9.17, 15) is 23.3 Å². The van der Waals surface area contributed by atoms with Crippen molar-refractivity contribution in [1.29, 1.82) is 0 Å². The van der Waals surface area contributed by atoms with Gasteiger partial charge in [0.2, 0.25) is 10.0 Å². The van der Waals surface area contributed by atoms with E-state index in [0.717, 1.165) is 18.2 Å². The van der Waals surface area contributed by atoms with Crippen LogP contribution in [0.3, 0.4) is 0 Å². The Balaban J connectivity index is 3.18. The minimum Gasteiger partial charge on any atom is -0.480 e. The number of carboxylic acid groups (broad SMARTS) is 1. The summed E-state index contributed by atoms with van der Waals surface area (Å²) in [6, 6.07) is 4.36. The standard InChI is InChI=1S/C10H12N2O6S/c1-10(2,9(13)14)11-19(17,18)8-5-3-4-7(6-8)12(15)16/h3-6,11H,1-2H3,(H,13,14). The molecule has 9 heteroatoms. The van der Waals surface area contributed by atoms with Crippen LogP contribution in [0, 0.1) is 10.1 Å². The molecular weight excluding hydrogens is 276 g/mol. The Morgan fingerprint density at radius 2 is 2.00 bits per heavy atom. The number of hydrogen-bond donors (Lipinski definition) is 2. The fraction of sp³-hybridized carbons (Fsp3) is 0.300. The molecule has 0 spiro atoms. The summed E-state index contributed by atoms with van der Waals surface area (Å²) in [7, 11) is -4.15. The van der Waals surface area contributed by atoms with Crippen LogP contribution in [0.2, 0.25) is 0 Å². The molecule has 0 fully saturated rings. The van der Waals surface area contributed by atoms with E-state index in [4.69, 9.17) is 5.11 Å². The van der Waals surface area contributed by atoms with E-state index < -0.39 is 32.1 Å². The molecule has 0 aliphatic heterocycles. The van der Waals surface area contributed by atoms with Gasteiger partial charge in [-0.05, 0) is 19.9 Å². The molecule has 0 radical (unpaired) electrons. The molecule has 8 nitrogen and oxygen atoms in total. The zero-order valence-electron chi connectivity index (χ0n) is 10.2. The fourth-order valence-corrected chi connectivity index (χ4v) is 2.61. The third kappa shape index (κ3) is 3.48. The van der Waals surface area contributed by atoms with Crippen LogP contribution in [0.1, 0.15) is 13.8 Å². The van der Waals surface area contributed by atoms with Crippen molar-refractivity contribution in [3.05, 3.63) is 34.4 Å². The van der Waals surface area contributed by atoms with Gasteiger partial charge in [0.05, 0.1) is 9.82 Å². The highest BCUT2D eigenvalue weighted by atomic mass is 32.2. The number of carbonyl (C=O) groups is 1. The first-order valence-electron chi connectivity index (χ1n) is 5.08. The van der Waals surface area contributed by atoms with Gasteiger partial charge in [-0.2, -0.15) is 4.72 Å². The van der Waals surface area contributed by atoms with Gasteiger partial charge in [0.15, 0.2) is 0 Å². The van der Waals surface area contributed by atoms with Crippen molar-refractivity contribution < 1.29 is 23.2 Å². The molecule has 0 unspecified atom stereocenters. The summed E-state index contributed by atoms with van der Waals surface area (Å²) in [4.78, 5) is 20.3. The summed E-state index contributed by atoms with van der Waals surface area (Å²) in [5, 5.41) is 19.4. The second-order valence-corrected chi connectivity index (χ2v) is 5.97. The smallest absolute Gasteiger partial charge is 0.324 e. The average Bonchev–Trinajstić information content (AvgIpc) is 2.27. The maximum atomic E-state index is 11.9. The van der Waals surface area contributed by atoms with Crippen molar-refractivity contribution in [2.45, 2.75) is 24.3 Å². The predicted octanol–water partition coefficient (Wildman–Crippen LogP) is 0.736. The number of nitrogens with zero attached hydrogens (tertiary/aromatic N) is 1. The van der Waals surface area contributed by atoms with E-state index in [1.807, 2.05) is 4.72 Å². The van der Waals surface area contributed by atoms with Crippen LogP contribution in [0.5, 0.6) is 0 Å². The van der Waals surface area contributed by atoms with Gasteiger partial charge in [-0.25, -0.2) is 8.42 Å². The Bertz CT molecular complexity index is 623. The van der Waals surface area contributed by atoms with Gasteiger partial charge in [0.25, 0.3) is 5.69 Å². The van der Waals surface area contributed by atoms with Crippen molar-refractivity contribution in [3.8, 4) is 0 Å². The molecule has 0 bridgehead atoms. The van der Waals surface area contributed by atoms with E-state index in [-0.39, 0.29) is 4.90 Å². The number of benzene rings is 1. The summed E-state index contributed by atoms with van der Waals surface area (Å²) in [5.41, 5.74) is -2.11. The summed E-state index contributed by atoms with van der Waals surface area (Å²) in [6.07, 6.45) is 0. The van der Waals surface area contributed by atoms with Crippen molar-refractivity contribution in [3.63, 3.8) is 0 Å². The Morgan fingerprint density at radius 3 is 2.47 bits per heavy atom. The van der Waals surface area contributed by atoms with E-state index in [1.165, 1.54) is 19.9 Å². The van der Waals surface area contributed by atoms with Crippen LogP contribution in [0.25, 0.3) is 0 Å². The Hall–Kier alpha value is -2.00. The van der Waals surface area contributed by atoms with E-state index in [2.05, 4.69) is 0 Å². The van der Waals surface area contributed by atoms with Crippen LogP contribution >= 0.6 is 0 Å². The van der Waals surface area contributed by atoms with Gasteiger partial charge in [0.1, 0.15) is 5.54 Å². The van der Waals surface area contributed by atoms with Gasteiger partial charge >= 0.3 is 5.97 Å². The van der Waals surface area contributed by atoms with Gasteiger partial charge in [-0.15, -0.1) is 0 Å². The van der Waals surface area contributed by atoms with Gasteiger partial charge < -0.3 is 5.11 Å². The second-order valence-electron chi connectivity index (χ2n) is 4.29. The zero-order valence-corrected chi connectivity index (χ0v) is 11.0. The SMILES string of the molecule is CC(C)(NS(=O)(=O)c1cccc([N+](=O)[O-])c1)C(=O)O. The number of non-ortho nitro benzene ring substituents is 1. The quantitative estimate of drug-likeness (QED) is 0.607. The lowest BCUT2D eigenvalue weighted by Crippen LogP contribution is -2.49. The molecule has 0 saturated heterocycles. The number of nitrogens with one attached hydrogen (secondary N) is 1. The van der Waals surface area contributed by atoms with Crippen LogP contribution in [-0.2, 0) is 14.8 Å². The van der Waals surface area contributed by atoms with Gasteiger partial charge in [-0.3, -0.25) is 14.9 Å². The van der Waals surface area contributed by atoms with Gasteiger partial charge in [-0.1, -0.05) is 6.07 Å². The van der Waals surface area contributed by atoms with Crippen LogP contribution < -0.4 is 4.72 Å². The number of hydrogen-bond acceptors (Lipinski definition) is 5. The largest absolute Gasteiger partial charge is 0.480 e. The summed E-state index contributed by atoms with van der Waals surface area (Å²) in [5.74, 6) is -1.36. The first kappa shape index (κ1) is 15.1. The molecule has 1 aromatic carbocycles. The molecule has 19 heavy (non-hydrogen) atoms. The molecule has 104 valence electrons. The Labute approximate surface area is 109 Å². The number of nitro benzene ring substituents is 1. The predicted molar refractivity (Wildman–Crippen MR) is 65.1 cm³/mol. The highest BCUT2D eigenvalue weighted by molar-refractivity contribution is 7.89. The summed E-state index contributed by atoms with van der Waals surface area (Å²) < 4.78 is 25.8. The van der Waals surface area contributed by atoms with E-state index in [1.54, 1.807) is 0 Å². The molecule has 2 N–H and O–H groups in total. The molecular formula is C10H12N2O6S. The van der Waals surface area contributed by atoms with Crippen molar-refractivity contribution in [1.82, 2.24) is 4.72 Å². The minimum absolute atomic E-state index is 0.365. The summed E-state index contributed by atoms with van der Waals surface area (Å²) >= 11 is 0. The number of carboxylic acids is 1. The van der Waals surface area contributed by atoms with Crippen molar-refractivity contribution in [2.75, 3.05) is 0 Å². The number of aliphatic carboxylic acids is 1. The molecule has 1 aromatic rings. The Kier molecular flexibility index (Phi) is 3.91. The molecule has 1 rings (SSSR count). The third-order valence-electron chi connectivity index (χ3n) is 2.26. The lowest BCUT2D eigenvalue weighted by Gasteiger charge is -2.20. The molecule has 0 amide bonds. The molecule has 0 aliphatic carbocycles. The fourth-order valence-electron chi connectivity index (χ4n) is 1.20. The number of rotatable bonds is 5. The second kappa shape index (κ2) is 4.94. The maximum absolute atomic E-state index is 11.9. The van der Waals surface area contributed by atoms with Crippen LogP contribution in [-0.4, -0.2) is 30.0 Å². The topological polar surface area (TPSA) is 127 Å². The molecule has 0 atom stereocenters. The first-order chi connectivity index (χ1) is 8.56.